The fourth-order valence-electron chi connectivity index (χ4n) is 3.01. The highest BCUT2D eigenvalue weighted by Gasteiger charge is 2.31. The molecule has 1 atom stereocenters. The van der Waals surface area contributed by atoms with Gasteiger partial charge < -0.3 is 9.64 Å². The number of aliphatic imine (C=N–C) groups is 1. The molecule has 0 aliphatic carbocycles. The van der Waals surface area contributed by atoms with Crippen LogP contribution in [0.5, 0.6) is 0 Å². The maximum Gasteiger partial charge on any atom is 0.410 e. The molecule has 1 aliphatic heterocycles. The number of hydrogen-bond acceptors (Lipinski definition) is 4. The van der Waals surface area contributed by atoms with Gasteiger partial charge >= 0.3 is 6.09 Å². The van der Waals surface area contributed by atoms with Gasteiger partial charge in [-0.2, -0.15) is 0 Å². The molecule has 0 N–H and O–H groups in total. The van der Waals surface area contributed by atoms with Gasteiger partial charge in [0.1, 0.15) is 5.60 Å². The molecule has 3 rings (SSSR count). The van der Waals surface area contributed by atoms with E-state index in [0.29, 0.717) is 18.9 Å². The number of likely N-dealkylation sites (tertiary alicyclic amines) is 1. The predicted octanol–water partition coefficient (Wildman–Crippen LogP) is 5.35. The van der Waals surface area contributed by atoms with Crippen molar-refractivity contribution in [2.45, 2.75) is 39.7 Å². The summed E-state index contributed by atoms with van der Waals surface area (Å²) in [5.41, 5.74) is 1.45. The van der Waals surface area contributed by atoms with E-state index in [9.17, 15) is 4.79 Å². The zero-order valence-electron chi connectivity index (χ0n) is 15.6. The summed E-state index contributed by atoms with van der Waals surface area (Å²) in [5, 5.41) is 1.08. The lowest BCUT2D eigenvalue weighted by molar-refractivity contribution is 0.0292. The first-order chi connectivity index (χ1) is 12.2. The molecule has 1 saturated heterocycles. The first kappa shape index (κ1) is 18.8. The summed E-state index contributed by atoms with van der Waals surface area (Å²) >= 11 is 3.47. The van der Waals surface area contributed by atoms with E-state index in [2.05, 4.69) is 20.9 Å². The molecule has 1 aliphatic rings. The first-order valence-electron chi connectivity index (χ1n) is 8.81. The average Bonchev–Trinajstić information content (AvgIpc) is 3.04. The van der Waals surface area contributed by atoms with Crippen molar-refractivity contribution in [2.24, 2.45) is 10.9 Å². The molecule has 1 fully saturated rings. The molecule has 1 unspecified atom stereocenters. The van der Waals surface area contributed by atoms with Crippen molar-refractivity contribution < 1.29 is 9.53 Å². The Morgan fingerprint density at radius 2 is 2.08 bits per heavy atom. The van der Waals surface area contributed by atoms with Gasteiger partial charge in [-0.1, -0.05) is 15.9 Å². The van der Waals surface area contributed by atoms with Crippen LogP contribution in [0, 0.1) is 5.92 Å². The van der Waals surface area contributed by atoms with Gasteiger partial charge in [0, 0.05) is 34.6 Å². The second-order valence-electron chi connectivity index (χ2n) is 7.67. The molecular weight excluding hydrogens is 394 g/mol. The van der Waals surface area contributed by atoms with Gasteiger partial charge in [-0.05, 0) is 64.4 Å². The van der Waals surface area contributed by atoms with Crippen LogP contribution < -0.4 is 0 Å². The second-order valence-corrected chi connectivity index (χ2v) is 8.59. The zero-order valence-corrected chi connectivity index (χ0v) is 17.2. The maximum atomic E-state index is 12.2. The van der Waals surface area contributed by atoms with Crippen molar-refractivity contribution in [3.63, 3.8) is 0 Å². The molecule has 1 amide bonds. The smallest absolute Gasteiger partial charge is 0.410 e. The lowest BCUT2D eigenvalue weighted by atomic mass is 10.0. The number of amides is 1. The van der Waals surface area contributed by atoms with Crippen LogP contribution in [0.1, 0.15) is 34.1 Å². The quantitative estimate of drug-likeness (QED) is 0.618. The molecule has 2 aromatic rings. The molecule has 138 valence electrons. The van der Waals surface area contributed by atoms with E-state index in [4.69, 9.17) is 9.73 Å². The number of rotatable bonds is 2. The Labute approximate surface area is 162 Å². The van der Waals surface area contributed by atoms with Crippen LogP contribution in [-0.2, 0) is 4.74 Å². The van der Waals surface area contributed by atoms with Gasteiger partial charge in [0.15, 0.2) is 5.82 Å². The topological polar surface area (TPSA) is 54.8 Å². The van der Waals surface area contributed by atoms with Gasteiger partial charge in [0.25, 0.3) is 0 Å². The summed E-state index contributed by atoms with van der Waals surface area (Å²) in [4.78, 5) is 23.3. The van der Waals surface area contributed by atoms with Crippen LogP contribution >= 0.6 is 15.9 Å². The van der Waals surface area contributed by atoms with Crippen LogP contribution in [0.4, 0.5) is 10.6 Å². The lowest BCUT2D eigenvalue weighted by Crippen LogP contribution is -2.35. The second kappa shape index (κ2) is 7.35. The molecule has 0 saturated carbocycles. The van der Waals surface area contributed by atoms with Crippen molar-refractivity contribution in [2.75, 3.05) is 13.1 Å². The van der Waals surface area contributed by atoms with Crippen LogP contribution in [0.2, 0.25) is 0 Å². The first-order valence-corrected chi connectivity index (χ1v) is 9.60. The SMILES string of the molecule is CC(=Nc1ccc2cc(Br)ccc2n1)C1CCN(C(=O)OC(C)(C)C)C1. The number of aromatic nitrogens is 1. The molecule has 1 aromatic heterocycles. The van der Waals surface area contributed by atoms with E-state index >= 15 is 0 Å². The fourth-order valence-corrected chi connectivity index (χ4v) is 3.39. The molecule has 26 heavy (non-hydrogen) atoms. The van der Waals surface area contributed by atoms with E-state index in [1.165, 1.54) is 0 Å². The number of carbonyl (C=O) groups is 1. The Kier molecular flexibility index (Phi) is 5.32. The van der Waals surface area contributed by atoms with Crippen LogP contribution in [0.25, 0.3) is 10.9 Å². The third kappa shape index (κ3) is 4.61. The number of carbonyl (C=O) groups excluding carboxylic acids is 1. The Morgan fingerprint density at radius 1 is 1.31 bits per heavy atom. The van der Waals surface area contributed by atoms with E-state index in [0.717, 1.165) is 27.5 Å². The zero-order chi connectivity index (χ0) is 18.9. The summed E-state index contributed by atoms with van der Waals surface area (Å²) in [6.07, 6.45) is 0.650. The number of halogens is 1. The maximum absolute atomic E-state index is 12.2. The summed E-state index contributed by atoms with van der Waals surface area (Å²) in [7, 11) is 0. The van der Waals surface area contributed by atoms with Gasteiger partial charge in [0.05, 0.1) is 5.52 Å². The molecule has 2 heterocycles. The number of hydrogen-bond donors (Lipinski definition) is 0. The molecule has 6 heteroatoms. The van der Waals surface area contributed by atoms with E-state index < -0.39 is 5.60 Å². The van der Waals surface area contributed by atoms with E-state index in [1.54, 1.807) is 4.90 Å². The Bertz CT molecular complexity index is 858. The standard InChI is InChI=1S/C20H24BrN3O2/c1-13(15-9-10-24(12-15)19(25)26-20(2,3)4)22-18-8-5-14-11-16(21)6-7-17(14)23-18/h5-8,11,15H,9-10,12H2,1-4H3. The number of ether oxygens (including phenoxy) is 1. The van der Waals surface area contributed by atoms with Crippen LogP contribution in [0.3, 0.4) is 0 Å². The predicted molar refractivity (Wildman–Crippen MR) is 108 cm³/mol. The normalized spacial score (nSPS) is 18.4. The third-order valence-electron chi connectivity index (χ3n) is 4.36. The number of benzene rings is 1. The van der Waals surface area contributed by atoms with Crippen LogP contribution in [0.15, 0.2) is 39.8 Å². The molecule has 0 radical (unpaired) electrons. The van der Waals surface area contributed by atoms with Gasteiger partial charge in [-0.3, -0.25) is 0 Å². The van der Waals surface area contributed by atoms with Gasteiger partial charge in [-0.25, -0.2) is 14.8 Å². The molecular formula is C20H24BrN3O2. The van der Waals surface area contributed by atoms with Crippen molar-refractivity contribution in [3.8, 4) is 0 Å². The Morgan fingerprint density at radius 3 is 2.81 bits per heavy atom. The van der Waals surface area contributed by atoms with Crippen LogP contribution in [-0.4, -0.2) is 40.4 Å². The minimum Gasteiger partial charge on any atom is -0.444 e. The monoisotopic (exact) mass is 417 g/mol. The lowest BCUT2D eigenvalue weighted by Gasteiger charge is -2.24. The number of fused-ring (bicyclic) bond motifs is 1. The van der Waals surface area contributed by atoms with Gasteiger partial charge in [-0.15, -0.1) is 0 Å². The highest BCUT2D eigenvalue weighted by molar-refractivity contribution is 9.10. The Hall–Kier alpha value is -1.95. The summed E-state index contributed by atoms with van der Waals surface area (Å²) < 4.78 is 6.49. The van der Waals surface area contributed by atoms with Crippen molar-refractivity contribution >= 4 is 44.5 Å². The number of nitrogens with zero attached hydrogens (tertiary/aromatic N) is 3. The van der Waals surface area contributed by atoms with Crippen molar-refractivity contribution in [1.29, 1.82) is 0 Å². The Balaban J connectivity index is 1.70. The van der Waals surface area contributed by atoms with E-state index in [1.807, 2.05) is 58.0 Å². The largest absolute Gasteiger partial charge is 0.444 e. The summed E-state index contributed by atoms with van der Waals surface area (Å²) in [6.45, 7) is 9.01. The highest BCUT2D eigenvalue weighted by atomic mass is 79.9. The minimum absolute atomic E-state index is 0.241. The fraction of sp³-hybridized carbons (Fsp3) is 0.450. The number of pyridine rings is 1. The molecule has 0 bridgehead atoms. The molecule has 5 nitrogen and oxygen atoms in total. The van der Waals surface area contributed by atoms with Crippen molar-refractivity contribution in [3.05, 3.63) is 34.8 Å². The average molecular weight is 418 g/mol. The third-order valence-corrected chi connectivity index (χ3v) is 4.85. The molecule has 1 aromatic carbocycles. The summed E-state index contributed by atoms with van der Waals surface area (Å²) in [5.74, 6) is 0.943. The summed E-state index contributed by atoms with van der Waals surface area (Å²) in [6, 6.07) is 9.96. The highest BCUT2D eigenvalue weighted by Crippen LogP contribution is 2.24. The minimum atomic E-state index is -0.470. The molecule has 0 spiro atoms. The van der Waals surface area contributed by atoms with E-state index in [-0.39, 0.29) is 12.0 Å². The van der Waals surface area contributed by atoms with Gasteiger partial charge in [0.2, 0.25) is 0 Å². The van der Waals surface area contributed by atoms with Crippen molar-refractivity contribution in [1.82, 2.24) is 9.88 Å².